The van der Waals surface area contributed by atoms with E-state index in [9.17, 15) is 5.11 Å². The molecule has 0 spiro atoms. The van der Waals surface area contributed by atoms with Gasteiger partial charge in [-0.3, -0.25) is 0 Å². The number of aliphatic hydroxyl groups excluding tert-OH is 1. The van der Waals surface area contributed by atoms with Crippen molar-refractivity contribution in [2.24, 2.45) is 0 Å². The summed E-state index contributed by atoms with van der Waals surface area (Å²) in [5, 5.41) is 13.0. The second kappa shape index (κ2) is 7.34. The minimum atomic E-state index is -0.0251. The summed E-state index contributed by atoms with van der Waals surface area (Å²) in [5.74, 6) is 0. The Labute approximate surface area is 107 Å². The molecule has 2 N–H and O–H groups in total. The summed E-state index contributed by atoms with van der Waals surface area (Å²) in [4.78, 5) is 2.63. The molecule has 0 aliphatic heterocycles. The third kappa shape index (κ3) is 3.94. The van der Waals surface area contributed by atoms with Gasteiger partial charge in [-0.2, -0.15) is 0 Å². The topological polar surface area (TPSA) is 35.5 Å². The monoisotopic (exact) mass is 242 g/mol. The maximum Gasteiger partial charge on any atom is 0.0613 e. The van der Waals surface area contributed by atoms with Crippen LogP contribution >= 0.6 is 0 Å². The molecule has 2 atom stereocenters. The van der Waals surface area contributed by atoms with E-state index in [0.29, 0.717) is 6.04 Å². The highest BCUT2D eigenvalue weighted by atomic mass is 16.3. The fourth-order valence-electron chi connectivity index (χ4n) is 3.14. The van der Waals surface area contributed by atoms with Crippen LogP contribution in [-0.4, -0.2) is 48.3 Å². The van der Waals surface area contributed by atoms with Crippen molar-refractivity contribution in [2.75, 3.05) is 26.7 Å². The summed E-state index contributed by atoms with van der Waals surface area (Å²) in [6.45, 7) is 7.17. The number of rotatable bonds is 7. The Balaban J connectivity index is 2.62. The van der Waals surface area contributed by atoms with Gasteiger partial charge in [0, 0.05) is 11.6 Å². The van der Waals surface area contributed by atoms with Crippen LogP contribution in [0.15, 0.2) is 0 Å². The summed E-state index contributed by atoms with van der Waals surface area (Å²) < 4.78 is 0. The van der Waals surface area contributed by atoms with E-state index in [1.807, 2.05) is 7.05 Å². The SMILES string of the molecule is CCCN(CCC)C1CCCC(CO)(NC)C1. The first-order valence-corrected chi connectivity index (χ1v) is 7.25. The van der Waals surface area contributed by atoms with E-state index in [0.717, 1.165) is 12.8 Å². The summed E-state index contributed by atoms with van der Waals surface area (Å²) in [5.41, 5.74) is -0.0251. The van der Waals surface area contributed by atoms with Crippen LogP contribution in [0.3, 0.4) is 0 Å². The molecule has 0 heterocycles. The highest BCUT2D eigenvalue weighted by molar-refractivity contribution is 4.95. The quantitative estimate of drug-likeness (QED) is 0.717. The van der Waals surface area contributed by atoms with Crippen LogP contribution in [0.25, 0.3) is 0 Å². The molecule has 1 fully saturated rings. The summed E-state index contributed by atoms with van der Waals surface area (Å²) in [6.07, 6.45) is 7.19. The van der Waals surface area contributed by atoms with Crippen molar-refractivity contribution in [1.82, 2.24) is 10.2 Å². The van der Waals surface area contributed by atoms with Gasteiger partial charge in [0.05, 0.1) is 6.61 Å². The molecule has 17 heavy (non-hydrogen) atoms. The van der Waals surface area contributed by atoms with Gasteiger partial charge in [-0.25, -0.2) is 0 Å². The van der Waals surface area contributed by atoms with Gasteiger partial charge in [0.25, 0.3) is 0 Å². The number of hydrogen-bond acceptors (Lipinski definition) is 3. The van der Waals surface area contributed by atoms with Crippen molar-refractivity contribution < 1.29 is 5.11 Å². The van der Waals surface area contributed by atoms with Gasteiger partial charge in [-0.1, -0.05) is 13.8 Å². The maximum atomic E-state index is 9.62. The normalized spacial score (nSPS) is 29.8. The van der Waals surface area contributed by atoms with Crippen LogP contribution in [0.1, 0.15) is 52.4 Å². The molecule has 0 bridgehead atoms. The molecule has 3 nitrogen and oxygen atoms in total. The van der Waals surface area contributed by atoms with E-state index in [-0.39, 0.29) is 12.1 Å². The summed E-state index contributed by atoms with van der Waals surface area (Å²) in [6, 6.07) is 0.656. The van der Waals surface area contributed by atoms with E-state index in [1.165, 1.54) is 38.8 Å². The van der Waals surface area contributed by atoms with Gasteiger partial charge in [-0.05, 0) is 58.7 Å². The van der Waals surface area contributed by atoms with Crippen molar-refractivity contribution in [3.63, 3.8) is 0 Å². The summed E-state index contributed by atoms with van der Waals surface area (Å²) in [7, 11) is 1.99. The largest absolute Gasteiger partial charge is 0.394 e. The molecule has 1 aliphatic carbocycles. The molecule has 0 aromatic rings. The lowest BCUT2D eigenvalue weighted by atomic mass is 9.79. The zero-order valence-electron chi connectivity index (χ0n) is 11.8. The van der Waals surface area contributed by atoms with Crippen molar-refractivity contribution in [1.29, 1.82) is 0 Å². The Bertz CT molecular complexity index is 198. The lowest BCUT2D eigenvalue weighted by Crippen LogP contribution is -2.54. The van der Waals surface area contributed by atoms with Gasteiger partial charge >= 0.3 is 0 Å². The van der Waals surface area contributed by atoms with Crippen molar-refractivity contribution in [3.8, 4) is 0 Å². The van der Waals surface area contributed by atoms with E-state index in [2.05, 4.69) is 24.1 Å². The van der Waals surface area contributed by atoms with Crippen molar-refractivity contribution in [2.45, 2.75) is 64.0 Å². The Hall–Kier alpha value is -0.120. The van der Waals surface area contributed by atoms with Gasteiger partial charge in [0.1, 0.15) is 0 Å². The number of nitrogens with zero attached hydrogens (tertiary/aromatic N) is 1. The molecule has 0 aromatic heterocycles. The maximum absolute atomic E-state index is 9.62. The predicted octanol–water partition coefficient (Wildman–Crippen LogP) is 2.00. The Morgan fingerprint density at radius 1 is 1.29 bits per heavy atom. The molecule has 2 unspecified atom stereocenters. The highest BCUT2D eigenvalue weighted by Gasteiger charge is 2.36. The Morgan fingerprint density at radius 2 is 1.94 bits per heavy atom. The van der Waals surface area contributed by atoms with Crippen LogP contribution in [-0.2, 0) is 0 Å². The fraction of sp³-hybridized carbons (Fsp3) is 1.00. The van der Waals surface area contributed by atoms with Crippen LogP contribution in [0.2, 0.25) is 0 Å². The van der Waals surface area contributed by atoms with E-state index >= 15 is 0 Å². The number of nitrogens with one attached hydrogen (secondary N) is 1. The van der Waals surface area contributed by atoms with Gasteiger partial charge in [0.15, 0.2) is 0 Å². The summed E-state index contributed by atoms with van der Waals surface area (Å²) >= 11 is 0. The van der Waals surface area contributed by atoms with E-state index in [1.54, 1.807) is 0 Å². The van der Waals surface area contributed by atoms with Crippen LogP contribution in [0.4, 0.5) is 0 Å². The average Bonchev–Trinajstić information content (AvgIpc) is 2.38. The van der Waals surface area contributed by atoms with Gasteiger partial charge < -0.3 is 15.3 Å². The Kier molecular flexibility index (Phi) is 6.45. The predicted molar refractivity (Wildman–Crippen MR) is 73.3 cm³/mol. The van der Waals surface area contributed by atoms with Crippen LogP contribution in [0.5, 0.6) is 0 Å². The molecule has 1 rings (SSSR count). The highest BCUT2D eigenvalue weighted by Crippen LogP contribution is 2.31. The molecular weight excluding hydrogens is 212 g/mol. The standard InChI is InChI=1S/C14H30N2O/c1-4-9-16(10-5-2)13-7-6-8-14(11-13,12-17)15-3/h13,15,17H,4-12H2,1-3H3. The fourth-order valence-corrected chi connectivity index (χ4v) is 3.14. The third-order valence-electron chi connectivity index (χ3n) is 4.19. The molecule has 1 aliphatic rings. The zero-order chi connectivity index (χ0) is 12.7. The number of aliphatic hydroxyl groups is 1. The molecular formula is C14H30N2O. The zero-order valence-corrected chi connectivity index (χ0v) is 11.8. The van der Waals surface area contributed by atoms with E-state index < -0.39 is 0 Å². The minimum Gasteiger partial charge on any atom is -0.394 e. The van der Waals surface area contributed by atoms with Crippen LogP contribution in [0, 0.1) is 0 Å². The molecule has 1 saturated carbocycles. The second-order valence-corrected chi connectivity index (χ2v) is 5.47. The lowest BCUT2D eigenvalue weighted by Gasteiger charge is -2.44. The first-order chi connectivity index (χ1) is 8.21. The molecule has 0 saturated heterocycles. The van der Waals surface area contributed by atoms with Gasteiger partial charge in [0.2, 0.25) is 0 Å². The molecule has 3 heteroatoms. The smallest absolute Gasteiger partial charge is 0.0613 e. The minimum absolute atomic E-state index is 0.0251. The first-order valence-electron chi connectivity index (χ1n) is 7.25. The molecule has 0 aromatic carbocycles. The van der Waals surface area contributed by atoms with Crippen LogP contribution < -0.4 is 5.32 Å². The van der Waals surface area contributed by atoms with Gasteiger partial charge in [-0.15, -0.1) is 0 Å². The van der Waals surface area contributed by atoms with Crippen molar-refractivity contribution in [3.05, 3.63) is 0 Å². The lowest BCUT2D eigenvalue weighted by molar-refractivity contribution is 0.0635. The molecule has 0 radical (unpaired) electrons. The number of hydrogen-bond donors (Lipinski definition) is 2. The average molecular weight is 242 g/mol. The number of likely N-dealkylation sites (N-methyl/N-ethyl adjacent to an activating group) is 1. The Morgan fingerprint density at radius 3 is 2.41 bits per heavy atom. The third-order valence-corrected chi connectivity index (χ3v) is 4.19. The second-order valence-electron chi connectivity index (χ2n) is 5.47. The van der Waals surface area contributed by atoms with Crippen molar-refractivity contribution >= 4 is 0 Å². The van der Waals surface area contributed by atoms with E-state index in [4.69, 9.17) is 0 Å². The molecule has 0 amide bonds. The first kappa shape index (κ1) is 14.9. The molecule has 102 valence electrons.